The van der Waals surface area contributed by atoms with Crippen molar-refractivity contribution in [3.05, 3.63) is 0 Å². The smallest absolute Gasteiger partial charge is 0.326 e. The third kappa shape index (κ3) is 17.7. The summed E-state index contributed by atoms with van der Waals surface area (Å²) >= 11 is 7.58. The van der Waals surface area contributed by atoms with E-state index in [4.69, 9.17) is 5.73 Å². The molecule has 0 unspecified atom stereocenters. The summed E-state index contributed by atoms with van der Waals surface area (Å²) in [6, 6.07) is -4.61. The number of amides is 4. The Bertz CT molecular complexity index is 813. The molecule has 0 bridgehead atoms. The van der Waals surface area contributed by atoms with E-state index in [1.807, 2.05) is 31.3 Å². The van der Waals surface area contributed by atoms with Crippen molar-refractivity contribution in [1.82, 2.24) is 21.3 Å². The van der Waals surface area contributed by atoms with Crippen LogP contribution >= 0.6 is 58.8 Å². The van der Waals surface area contributed by atoms with Crippen molar-refractivity contribution in [2.24, 2.45) is 5.73 Å². The van der Waals surface area contributed by atoms with Gasteiger partial charge in [-0.2, -0.15) is 58.8 Å². The first-order valence-electron chi connectivity index (χ1n) is 13.2. The normalized spacial score (nSPS) is 14.7. The summed E-state index contributed by atoms with van der Waals surface area (Å²) in [6.07, 6.45) is 11.1. The number of rotatable bonds is 24. The van der Waals surface area contributed by atoms with Gasteiger partial charge in [0.1, 0.15) is 24.2 Å². The summed E-state index contributed by atoms with van der Waals surface area (Å²) in [5.41, 5.74) is 5.99. The van der Waals surface area contributed by atoms with E-state index < -0.39 is 59.8 Å². The minimum atomic E-state index is -1.14. The molecule has 0 spiro atoms. The summed E-state index contributed by atoms with van der Waals surface area (Å²) in [4.78, 5) is 64.0. The molecule has 0 fully saturated rings. The first-order chi connectivity index (χ1) is 19.6. The highest BCUT2D eigenvalue weighted by Crippen LogP contribution is 2.09. The maximum absolute atomic E-state index is 13.4. The second-order valence-electron chi connectivity index (χ2n) is 9.10. The van der Waals surface area contributed by atoms with Gasteiger partial charge in [0, 0.05) is 0 Å². The standard InChI is InChI=1S/C25H47N5O6S5/c1-37-11-6-16(26)21(31)27-17(7-12-38-2)22(32)28-18(8-13-39-3)23(33)29-19(9-14-40-4)24(34)30-20(25(35)36)10-15-41-5/h16-20H,6-15,26H2,1-5H3,(H,27,31)(H,28,32)(H,29,33)(H,30,34)(H,35,36)/t16-,17-,18-,19-,20-/m0/s1. The Labute approximate surface area is 265 Å². The maximum Gasteiger partial charge on any atom is 0.326 e. The second-order valence-corrected chi connectivity index (χ2v) is 14.0. The quantitative estimate of drug-likeness (QED) is 0.0861. The van der Waals surface area contributed by atoms with Gasteiger partial charge >= 0.3 is 5.97 Å². The van der Waals surface area contributed by atoms with Gasteiger partial charge in [-0.25, -0.2) is 4.79 Å². The minimum absolute atomic E-state index is 0.252. The van der Waals surface area contributed by atoms with Gasteiger partial charge in [-0.1, -0.05) is 0 Å². The Morgan fingerprint density at radius 1 is 0.512 bits per heavy atom. The van der Waals surface area contributed by atoms with Crippen LogP contribution < -0.4 is 27.0 Å². The molecule has 0 rings (SSSR count). The predicted octanol–water partition coefficient (Wildman–Crippen LogP) is 1.10. The van der Waals surface area contributed by atoms with Crippen LogP contribution in [0.25, 0.3) is 0 Å². The highest BCUT2D eigenvalue weighted by atomic mass is 32.2. The van der Waals surface area contributed by atoms with E-state index in [0.29, 0.717) is 48.0 Å². The highest BCUT2D eigenvalue weighted by Gasteiger charge is 2.31. The van der Waals surface area contributed by atoms with E-state index in [1.54, 1.807) is 11.8 Å². The fraction of sp³-hybridized carbons (Fsp3) is 0.800. The molecule has 16 heteroatoms. The molecule has 0 aliphatic rings. The second kappa shape index (κ2) is 24.5. The number of hydrogen-bond acceptors (Lipinski definition) is 11. The zero-order valence-electron chi connectivity index (χ0n) is 24.6. The number of thioether (sulfide) groups is 5. The van der Waals surface area contributed by atoms with E-state index in [9.17, 15) is 29.1 Å². The molecule has 0 heterocycles. The molecule has 0 aromatic heterocycles. The lowest BCUT2D eigenvalue weighted by Crippen LogP contribution is -2.58. The lowest BCUT2D eigenvalue weighted by Gasteiger charge is -2.26. The first-order valence-corrected chi connectivity index (χ1v) is 20.2. The minimum Gasteiger partial charge on any atom is -0.480 e. The summed E-state index contributed by atoms with van der Waals surface area (Å²) in [5.74, 6) is -0.192. The van der Waals surface area contributed by atoms with Crippen molar-refractivity contribution in [3.8, 4) is 0 Å². The fourth-order valence-corrected chi connectivity index (χ4v) is 5.85. The Morgan fingerprint density at radius 2 is 0.780 bits per heavy atom. The van der Waals surface area contributed by atoms with Crippen LogP contribution in [0.15, 0.2) is 0 Å². The number of carbonyl (C=O) groups excluding carboxylic acids is 4. The molecule has 0 saturated heterocycles. The lowest BCUT2D eigenvalue weighted by molar-refractivity contribution is -0.142. The van der Waals surface area contributed by atoms with Crippen molar-refractivity contribution in [3.63, 3.8) is 0 Å². The zero-order chi connectivity index (χ0) is 31.2. The van der Waals surface area contributed by atoms with Crippen molar-refractivity contribution < 1.29 is 29.1 Å². The summed E-state index contributed by atoms with van der Waals surface area (Å²) in [6.45, 7) is 0. The molecule has 0 radical (unpaired) electrons. The molecule has 0 aromatic rings. The van der Waals surface area contributed by atoms with Gasteiger partial charge in [0.2, 0.25) is 23.6 Å². The molecule has 0 saturated carbocycles. The molecule has 11 nitrogen and oxygen atoms in total. The van der Waals surface area contributed by atoms with Crippen LogP contribution in [0.1, 0.15) is 32.1 Å². The van der Waals surface area contributed by atoms with E-state index in [0.717, 1.165) is 0 Å². The van der Waals surface area contributed by atoms with Crippen molar-refractivity contribution in [2.45, 2.75) is 62.3 Å². The summed E-state index contributed by atoms with van der Waals surface area (Å²) < 4.78 is 0. The molecule has 238 valence electrons. The van der Waals surface area contributed by atoms with Crippen LogP contribution in [0.2, 0.25) is 0 Å². The Balaban J connectivity index is 5.69. The van der Waals surface area contributed by atoms with Crippen LogP contribution in [-0.4, -0.2) is 125 Å². The van der Waals surface area contributed by atoms with Gasteiger partial charge in [0.15, 0.2) is 0 Å². The molecule has 0 aliphatic heterocycles. The van der Waals surface area contributed by atoms with Crippen LogP contribution in [0.3, 0.4) is 0 Å². The van der Waals surface area contributed by atoms with Gasteiger partial charge in [-0.05, 0) is 92.1 Å². The van der Waals surface area contributed by atoms with E-state index in [2.05, 4.69) is 21.3 Å². The number of nitrogens with two attached hydrogens (primary N) is 1. The zero-order valence-corrected chi connectivity index (χ0v) is 28.6. The molecule has 7 N–H and O–H groups in total. The number of aliphatic carboxylic acids is 1. The molecule has 0 aromatic carbocycles. The third-order valence-electron chi connectivity index (χ3n) is 5.93. The Morgan fingerprint density at radius 3 is 1.10 bits per heavy atom. The van der Waals surface area contributed by atoms with Crippen molar-refractivity contribution in [2.75, 3.05) is 60.0 Å². The predicted molar refractivity (Wildman–Crippen MR) is 178 cm³/mol. The summed E-state index contributed by atoms with van der Waals surface area (Å²) in [7, 11) is 0. The molecule has 0 aliphatic carbocycles. The summed E-state index contributed by atoms with van der Waals surface area (Å²) in [5, 5.41) is 20.3. The number of carboxylic acids is 1. The van der Waals surface area contributed by atoms with Crippen LogP contribution in [0.4, 0.5) is 0 Å². The van der Waals surface area contributed by atoms with E-state index in [1.165, 1.54) is 47.0 Å². The average Bonchev–Trinajstić information content (AvgIpc) is 2.95. The SMILES string of the molecule is CSCC[C@H](NC(=O)[C@H](CCSC)NC(=O)[C@H](CCSC)NC(=O)[C@H](CCSC)NC(=O)[C@@H](N)CCSC)C(=O)O. The van der Waals surface area contributed by atoms with Gasteiger partial charge in [-0.3, -0.25) is 19.2 Å². The number of carbonyl (C=O) groups is 5. The number of carboxylic acid groups (broad SMARTS) is 1. The van der Waals surface area contributed by atoms with Crippen LogP contribution in [-0.2, 0) is 24.0 Å². The van der Waals surface area contributed by atoms with Crippen molar-refractivity contribution in [1.29, 1.82) is 0 Å². The van der Waals surface area contributed by atoms with Crippen LogP contribution in [0, 0.1) is 0 Å². The Hall–Kier alpha value is -0.940. The molecule has 41 heavy (non-hydrogen) atoms. The van der Waals surface area contributed by atoms with Gasteiger partial charge in [0.05, 0.1) is 6.04 Å². The average molecular weight is 674 g/mol. The van der Waals surface area contributed by atoms with Gasteiger partial charge < -0.3 is 32.1 Å². The van der Waals surface area contributed by atoms with Crippen molar-refractivity contribution >= 4 is 88.4 Å². The monoisotopic (exact) mass is 673 g/mol. The topological polar surface area (TPSA) is 180 Å². The molecule has 4 amide bonds. The van der Waals surface area contributed by atoms with E-state index >= 15 is 0 Å². The number of nitrogens with one attached hydrogen (secondary N) is 4. The maximum atomic E-state index is 13.4. The number of hydrogen-bond donors (Lipinski definition) is 6. The fourth-order valence-electron chi connectivity index (χ4n) is 3.48. The first kappa shape index (κ1) is 40.1. The van der Waals surface area contributed by atoms with E-state index in [-0.39, 0.29) is 12.8 Å². The largest absolute Gasteiger partial charge is 0.480 e. The lowest BCUT2D eigenvalue weighted by atomic mass is 10.1. The van der Waals surface area contributed by atoms with Crippen LogP contribution in [0.5, 0.6) is 0 Å². The third-order valence-corrected chi connectivity index (χ3v) is 9.15. The van der Waals surface area contributed by atoms with Gasteiger partial charge in [0.25, 0.3) is 0 Å². The Kier molecular flexibility index (Phi) is 23.9. The molecular weight excluding hydrogens is 627 g/mol. The van der Waals surface area contributed by atoms with Gasteiger partial charge in [-0.15, -0.1) is 0 Å². The highest BCUT2D eigenvalue weighted by molar-refractivity contribution is 7.99. The molecule has 5 atom stereocenters. The molecular formula is C25H47N5O6S5.